The molecule has 0 aromatic heterocycles. The lowest BCUT2D eigenvalue weighted by molar-refractivity contribution is -0.120. The molecule has 1 N–H and O–H groups in total. The van der Waals surface area contributed by atoms with Crippen molar-refractivity contribution in [3.63, 3.8) is 0 Å². The summed E-state index contributed by atoms with van der Waals surface area (Å²) in [6, 6.07) is 15.5. The lowest BCUT2D eigenvalue weighted by Crippen LogP contribution is -2.36. The van der Waals surface area contributed by atoms with E-state index >= 15 is 0 Å². The zero-order valence-electron chi connectivity index (χ0n) is 16.7. The number of aryl methyl sites for hydroxylation is 1. The van der Waals surface area contributed by atoms with Gasteiger partial charge in [0.05, 0.1) is 0 Å². The summed E-state index contributed by atoms with van der Waals surface area (Å²) in [6.07, 6.45) is 0.833. The van der Waals surface area contributed by atoms with Crippen LogP contribution in [0.5, 0.6) is 0 Å². The molecule has 0 saturated heterocycles. The normalized spacial score (nSPS) is 10.4. The number of anilines is 3. The summed E-state index contributed by atoms with van der Waals surface area (Å²) in [5, 5.41) is 2.92. The highest BCUT2D eigenvalue weighted by Crippen LogP contribution is 2.21. The van der Waals surface area contributed by atoms with Crippen LogP contribution < -0.4 is 15.1 Å². The van der Waals surface area contributed by atoms with E-state index in [1.54, 1.807) is 0 Å². The summed E-state index contributed by atoms with van der Waals surface area (Å²) in [5.74, 6) is -0.372. The number of hydrogen-bond acceptors (Lipinski definition) is 3. The third-order valence-electron chi connectivity index (χ3n) is 4.64. The van der Waals surface area contributed by atoms with E-state index in [1.807, 2.05) is 55.5 Å². The summed E-state index contributed by atoms with van der Waals surface area (Å²) in [7, 11) is 0. The van der Waals surface area contributed by atoms with Crippen molar-refractivity contribution in [2.45, 2.75) is 34.1 Å². The highest BCUT2D eigenvalue weighted by Gasteiger charge is 2.17. The molecule has 2 aromatic rings. The van der Waals surface area contributed by atoms with Crippen LogP contribution in [0, 0.1) is 0 Å². The molecule has 144 valence electrons. The second-order valence-corrected chi connectivity index (χ2v) is 6.35. The molecule has 0 aliphatic carbocycles. The van der Waals surface area contributed by atoms with E-state index < -0.39 is 0 Å². The lowest BCUT2D eigenvalue weighted by Gasteiger charge is -2.24. The Morgan fingerprint density at radius 1 is 0.889 bits per heavy atom. The van der Waals surface area contributed by atoms with Gasteiger partial charge in [0.2, 0.25) is 11.8 Å². The smallest absolute Gasteiger partial charge is 0.244 e. The minimum atomic E-state index is -0.209. The van der Waals surface area contributed by atoms with Crippen LogP contribution in [0.15, 0.2) is 48.5 Å². The number of para-hydroxylation sites is 1. The highest BCUT2D eigenvalue weighted by molar-refractivity contribution is 6.02. The third-order valence-corrected chi connectivity index (χ3v) is 4.64. The topological polar surface area (TPSA) is 52.7 Å². The van der Waals surface area contributed by atoms with Crippen molar-refractivity contribution in [2.24, 2.45) is 0 Å². The third kappa shape index (κ3) is 5.33. The second kappa shape index (κ2) is 9.76. The van der Waals surface area contributed by atoms with E-state index in [4.69, 9.17) is 0 Å². The maximum absolute atomic E-state index is 12.5. The van der Waals surface area contributed by atoms with Gasteiger partial charge in [0.1, 0.15) is 6.54 Å². The molecule has 2 amide bonds. The largest absolute Gasteiger partial charge is 0.372 e. The van der Waals surface area contributed by atoms with E-state index in [2.05, 4.69) is 24.1 Å². The van der Waals surface area contributed by atoms with Crippen molar-refractivity contribution in [1.29, 1.82) is 0 Å². The van der Waals surface area contributed by atoms with Gasteiger partial charge >= 0.3 is 0 Å². The molecule has 5 nitrogen and oxygen atoms in total. The summed E-state index contributed by atoms with van der Waals surface area (Å²) in [5.41, 5.74) is 3.69. The van der Waals surface area contributed by atoms with Crippen LogP contribution in [0.1, 0.15) is 33.3 Å². The van der Waals surface area contributed by atoms with Crippen molar-refractivity contribution in [3.8, 4) is 0 Å². The lowest BCUT2D eigenvalue weighted by atomic mass is 10.1. The SMILES string of the molecule is CCc1ccccc1NC(=O)CN(C(C)=O)c1ccc(N(CC)CC)cc1. The van der Waals surface area contributed by atoms with Crippen molar-refractivity contribution in [1.82, 2.24) is 0 Å². The first-order valence-electron chi connectivity index (χ1n) is 9.50. The number of nitrogens with zero attached hydrogens (tertiary/aromatic N) is 2. The minimum Gasteiger partial charge on any atom is -0.372 e. The summed E-state index contributed by atoms with van der Waals surface area (Å²) < 4.78 is 0. The van der Waals surface area contributed by atoms with E-state index in [9.17, 15) is 9.59 Å². The van der Waals surface area contributed by atoms with Gasteiger partial charge in [0.25, 0.3) is 0 Å². The number of hydrogen-bond donors (Lipinski definition) is 1. The Morgan fingerprint density at radius 3 is 2.04 bits per heavy atom. The number of rotatable bonds is 8. The van der Waals surface area contributed by atoms with Crippen LogP contribution in [-0.4, -0.2) is 31.4 Å². The van der Waals surface area contributed by atoms with Crippen LogP contribution in [0.25, 0.3) is 0 Å². The summed E-state index contributed by atoms with van der Waals surface area (Å²) in [6.45, 7) is 9.57. The molecular formula is C22H29N3O2. The van der Waals surface area contributed by atoms with Gasteiger partial charge in [-0.1, -0.05) is 25.1 Å². The Balaban J connectivity index is 2.13. The van der Waals surface area contributed by atoms with Crippen molar-refractivity contribution in [2.75, 3.05) is 34.8 Å². The molecule has 0 bridgehead atoms. The second-order valence-electron chi connectivity index (χ2n) is 6.35. The van der Waals surface area contributed by atoms with E-state index in [0.29, 0.717) is 0 Å². The van der Waals surface area contributed by atoms with E-state index in [0.717, 1.165) is 42.1 Å². The Bertz CT molecular complexity index is 767. The molecule has 27 heavy (non-hydrogen) atoms. The van der Waals surface area contributed by atoms with Crippen LogP contribution >= 0.6 is 0 Å². The van der Waals surface area contributed by atoms with Crippen LogP contribution in [0.3, 0.4) is 0 Å². The molecule has 0 radical (unpaired) electrons. The molecule has 0 unspecified atom stereocenters. The molecule has 0 spiro atoms. The van der Waals surface area contributed by atoms with Gasteiger partial charge in [0, 0.05) is 37.1 Å². The molecule has 2 aromatic carbocycles. The zero-order valence-corrected chi connectivity index (χ0v) is 16.7. The molecule has 0 saturated carbocycles. The Kier molecular flexibility index (Phi) is 7.41. The fourth-order valence-corrected chi connectivity index (χ4v) is 3.10. The fraction of sp³-hybridized carbons (Fsp3) is 0.364. The van der Waals surface area contributed by atoms with E-state index in [1.165, 1.54) is 11.8 Å². The van der Waals surface area contributed by atoms with Crippen LogP contribution in [-0.2, 0) is 16.0 Å². The Hall–Kier alpha value is -2.82. The predicted octanol–water partition coefficient (Wildman–Crippen LogP) is 4.09. The van der Waals surface area contributed by atoms with Crippen LogP contribution in [0.4, 0.5) is 17.1 Å². The molecule has 0 fully saturated rings. The van der Waals surface area contributed by atoms with Crippen molar-refractivity contribution < 1.29 is 9.59 Å². The monoisotopic (exact) mass is 367 g/mol. The van der Waals surface area contributed by atoms with Crippen molar-refractivity contribution in [3.05, 3.63) is 54.1 Å². The van der Waals surface area contributed by atoms with Crippen LogP contribution in [0.2, 0.25) is 0 Å². The molecule has 0 atom stereocenters. The first kappa shape index (κ1) is 20.5. The average molecular weight is 367 g/mol. The number of carbonyl (C=O) groups is 2. The highest BCUT2D eigenvalue weighted by atomic mass is 16.2. The maximum Gasteiger partial charge on any atom is 0.244 e. The first-order valence-corrected chi connectivity index (χ1v) is 9.50. The predicted molar refractivity (Wildman–Crippen MR) is 112 cm³/mol. The quantitative estimate of drug-likeness (QED) is 0.765. The van der Waals surface area contributed by atoms with Crippen molar-refractivity contribution >= 4 is 28.9 Å². The van der Waals surface area contributed by atoms with Gasteiger partial charge in [-0.2, -0.15) is 0 Å². The van der Waals surface area contributed by atoms with Gasteiger partial charge in [0.15, 0.2) is 0 Å². The Labute approximate surface area is 162 Å². The molecular weight excluding hydrogens is 338 g/mol. The molecule has 5 heteroatoms. The number of nitrogens with one attached hydrogen (secondary N) is 1. The zero-order chi connectivity index (χ0) is 19.8. The number of amides is 2. The maximum atomic E-state index is 12.5. The fourth-order valence-electron chi connectivity index (χ4n) is 3.10. The standard InChI is InChI=1S/C22H29N3O2/c1-5-18-10-8-9-11-21(18)23-22(27)16-25(17(4)26)20-14-12-19(13-15-20)24(6-2)7-3/h8-15H,5-7,16H2,1-4H3,(H,23,27). The summed E-state index contributed by atoms with van der Waals surface area (Å²) in [4.78, 5) is 28.4. The molecule has 0 heterocycles. The first-order chi connectivity index (χ1) is 13.0. The molecule has 0 aliphatic heterocycles. The number of carbonyl (C=O) groups excluding carboxylic acids is 2. The Morgan fingerprint density at radius 2 is 1.48 bits per heavy atom. The number of benzene rings is 2. The average Bonchev–Trinajstić information content (AvgIpc) is 2.68. The van der Waals surface area contributed by atoms with Gasteiger partial charge in [-0.25, -0.2) is 0 Å². The molecule has 0 aliphatic rings. The van der Waals surface area contributed by atoms with Gasteiger partial charge in [-0.3, -0.25) is 9.59 Å². The minimum absolute atomic E-state index is 0.0159. The van der Waals surface area contributed by atoms with Gasteiger partial charge < -0.3 is 15.1 Å². The summed E-state index contributed by atoms with van der Waals surface area (Å²) >= 11 is 0. The van der Waals surface area contributed by atoms with Gasteiger partial charge in [-0.05, 0) is 56.2 Å². The van der Waals surface area contributed by atoms with E-state index in [-0.39, 0.29) is 18.4 Å². The van der Waals surface area contributed by atoms with Gasteiger partial charge in [-0.15, -0.1) is 0 Å². The molecule has 2 rings (SSSR count).